The van der Waals surface area contributed by atoms with Gasteiger partial charge in [-0.25, -0.2) is 9.07 Å². The minimum Gasteiger partial charge on any atom is -0.508 e. The molecule has 0 spiro atoms. The summed E-state index contributed by atoms with van der Waals surface area (Å²) in [6, 6.07) is 13.9. The number of aromatic nitrogens is 2. The fraction of sp³-hybridized carbons (Fsp3) is 0.444. The van der Waals surface area contributed by atoms with Crippen LogP contribution in [-0.4, -0.2) is 77.7 Å². The number of halogens is 1. The number of aromatic hydroxyl groups is 1. The number of ether oxygens (including phenoxy) is 1. The Balaban J connectivity index is 1.69. The van der Waals surface area contributed by atoms with Gasteiger partial charge in [-0.3, -0.25) is 4.90 Å². The molecule has 188 valence electrons. The first kappa shape index (κ1) is 25.2. The molecule has 0 unspecified atom stereocenters. The zero-order valence-electron chi connectivity index (χ0n) is 21.0. The molecule has 1 aromatic heterocycles. The maximum Gasteiger partial charge on any atom is 0.137 e. The summed E-state index contributed by atoms with van der Waals surface area (Å²) in [4.78, 5) is 7.19. The van der Waals surface area contributed by atoms with E-state index in [9.17, 15) is 9.50 Å². The van der Waals surface area contributed by atoms with Crippen molar-refractivity contribution < 1.29 is 14.2 Å². The number of rotatable bonds is 10. The highest BCUT2D eigenvalue weighted by Gasteiger charge is 2.26. The topological polar surface area (TPSA) is 57.0 Å². The molecule has 0 bridgehead atoms. The van der Waals surface area contributed by atoms with Crippen LogP contribution in [0, 0.1) is 12.7 Å². The van der Waals surface area contributed by atoms with Gasteiger partial charge in [0, 0.05) is 58.5 Å². The molecule has 2 heterocycles. The van der Waals surface area contributed by atoms with E-state index in [0.717, 1.165) is 67.6 Å². The molecule has 3 aromatic rings. The summed E-state index contributed by atoms with van der Waals surface area (Å²) in [6.07, 6.45) is 0. The van der Waals surface area contributed by atoms with Gasteiger partial charge in [0.05, 0.1) is 18.0 Å². The van der Waals surface area contributed by atoms with Crippen molar-refractivity contribution in [2.45, 2.75) is 26.9 Å². The highest BCUT2D eigenvalue weighted by atomic mass is 19.1. The zero-order chi connectivity index (χ0) is 24.8. The maximum atomic E-state index is 13.7. The van der Waals surface area contributed by atoms with Crippen LogP contribution in [0.4, 0.5) is 10.2 Å². The van der Waals surface area contributed by atoms with E-state index < -0.39 is 0 Å². The molecule has 0 amide bonds. The fourth-order valence-electron chi connectivity index (χ4n) is 4.67. The van der Waals surface area contributed by atoms with Gasteiger partial charge in [0.1, 0.15) is 17.4 Å². The monoisotopic (exact) mass is 481 g/mol. The number of methoxy groups -OCH3 is 1. The molecule has 1 fully saturated rings. The number of piperazine rings is 1. The van der Waals surface area contributed by atoms with Crippen molar-refractivity contribution in [3.63, 3.8) is 0 Å². The van der Waals surface area contributed by atoms with Crippen LogP contribution in [-0.2, 0) is 17.8 Å². The standard InChI is InChI=1S/C27H36FN5O2/c1-4-30-12-14-32(15-13-30)27-26(21(2)29-33(27)24-10-8-23(28)9-11-24)20-31(16-17-35-3)19-22-6-5-7-25(34)18-22/h5-11,18,34H,4,12-17,19-20H2,1-3H3. The third-order valence-electron chi connectivity index (χ3n) is 6.66. The molecule has 1 saturated heterocycles. The Bertz CT molecular complexity index is 1090. The van der Waals surface area contributed by atoms with Crippen LogP contribution < -0.4 is 4.90 Å². The Morgan fingerprint density at radius 2 is 1.80 bits per heavy atom. The molecular weight excluding hydrogens is 445 g/mol. The molecule has 1 N–H and O–H groups in total. The average molecular weight is 482 g/mol. The van der Waals surface area contributed by atoms with E-state index in [-0.39, 0.29) is 11.6 Å². The van der Waals surface area contributed by atoms with E-state index in [4.69, 9.17) is 9.84 Å². The quantitative estimate of drug-likeness (QED) is 0.475. The molecule has 8 heteroatoms. The van der Waals surface area contributed by atoms with Crippen molar-refractivity contribution in [1.29, 1.82) is 0 Å². The number of hydrogen-bond donors (Lipinski definition) is 1. The van der Waals surface area contributed by atoms with E-state index in [2.05, 4.69) is 21.6 Å². The molecule has 7 nitrogen and oxygen atoms in total. The molecular formula is C27H36FN5O2. The van der Waals surface area contributed by atoms with Crippen LogP contribution in [0.5, 0.6) is 5.75 Å². The van der Waals surface area contributed by atoms with Crippen molar-refractivity contribution >= 4 is 5.82 Å². The van der Waals surface area contributed by atoms with Gasteiger partial charge >= 0.3 is 0 Å². The van der Waals surface area contributed by atoms with Crippen LogP contribution in [0.3, 0.4) is 0 Å². The molecule has 2 aromatic carbocycles. The minimum atomic E-state index is -0.257. The predicted molar refractivity (Wildman–Crippen MR) is 137 cm³/mol. The molecule has 4 rings (SSSR count). The molecule has 0 aliphatic carbocycles. The minimum absolute atomic E-state index is 0.257. The fourth-order valence-corrected chi connectivity index (χ4v) is 4.67. The van der Waals surface area contributed by atoms with E-state index in [1.807, 2.05) is 23.7 Å². The second-order valence-corrected chi connectivity index (χ2v) is 9.07. The normalized spacial score (nSPS) is 14.7. The van der Waals surface area contributed by atoms with Gasteiger partial charge in [-0.2, -0.15) is 5.10 Å². The van der Waals surface area contributed by atoms with Crippen LogP contribution in [0.2, 0.25) is 0 Å². The number of nitrogens with zero attached hydrogens (tertiary/aromatic N) is 5. The Labute approximate surface area is 207 Å². The van der Waals surface area contributed by atoms with Crippen LogP contribution in [0.25, 0.3) is 5.69 Å². The van der Waals surface area contributed by atoms with Gasteiger partial charge in [-0.1, -0.05) is 19.1 Å². The Kier molecular flexibility index (Phi) is 8.38. The van der Waals surface area contributed by atoms with Crippen LogP contribution >= 0.6 is 0 Å². The Hall–Kier alpha value is -2.94. The van der Waals surface area contributed by atoms with Gasteiger partial charge in [0.15, 0.2) is 0 Å². The number of hydrogen-bond acceptors (Lipinski definition) is 6. The summed E-state index contributed by atoms with van der Waals surface area (Å²) in [7, 11) is 1.71. The van der Waals surface area contributed by atoms with Crippen LogP contribution in [0.1, 0.15) is 23.7 Å². The summed E-state index contributed by atoms with van der Waals surface area (Å²) in [6.45, 7) is 11.8. The lowest BCUT2D eigenvalue weighted by Gasteiger charge is -2.36. The second kappa shape index (κ2) is 11.7. The van der Waals surface area contributed by atoms with Crippen molar-refractivity contribution in [1.82, 2.24) is 19.6 Å². The van der Waals surface area contributed by atoms with E-state index >= 15 is 0 Å². The van der Waals surface area contributed by atoms with Crippen molar-refractivity contribution in [2.75, 3.05) is 57.9 Å². The number of phenols is 1. The van der Waals surface area contributed by atoms with Gasteiger partial charge in [-0.15, -0.1) is 0 Å². The van der Waals surface area contributed by atoms with Crippen molar-refractivity contribution in [3.8, 4) is 11.4 Å². The number of aryl methyl sites for hydroxylation is 1. The van der Waals surface area contributed by atoms with Gasteiger partial charge in [0.2, 0.25) is 0 Å². The smallest absolute Gasteiger partial charge is 0.137 e. The second-order valence-electron chi connectivity index (χ2n) is 9.07. The third kappa shape index (κ3) is 6.20. The number of likely N-dealkylation sites (N-methyl/N-ethyl adjacent to an activating group) is 1. The first-order valence-electron chi connectivity index (χ1n) is 12.3. The number of anilines is 1. The van der Waals surface area contributed by atoms with Crippen LogP contribution in [0.15, 0.2) is 48.5 Å². The molecule has 0 radical (unpaired) electrons. The lowest BCUT2D eigenvalue weighted by molar-refractivity contribution is 0.140. The van der Waals surface area contributed by atoms with E-state index in [1.54, 1.807) is 31.4 Å². The van der Waals surface area contributed by atoms with Crippen molar-refractivity contribution in [2.24, 2.45) is 0 Å². The lowest BCUT2D eigenvalue weighted by atomic mass is 10.1. The molecule has 0 atom stereocenters. The maximum absolute atomic E-state index is 13.7. The summed E-state index contributed by atoms with van der Waals surface area (Å²) >= 11 is 0. The largest absolute Gasteiger partial charge is 0.508 e. The highest BCUT2D eigenvalue weighted by molar-refractivity contribution is 5.56. The molecule has 0 saturated carbocycles. The summed E-state index contributed by atoms with van der Waals surface area (Å²) < 4.78 is 21.0. The Morgan fingerprint density at radius 3 is 2.46 bits per heavy atom. The molecule has 35 heavy (non-hydrogen) atoms. The third-order valence-corrected chi connectivity index (χ3v) is 6.66. The zero-order valence-corrected chi connectivity index (χ0v) is 21.0. The first-order chi connectivity index (χ1) is 17.0. The molecule has 1 aliphatic heterocycles. The summed E-state index contributed by atoms with van der Waals surface area (Å²) in [5, 5.41) is 14.9. The van der Waals surface area contributed by atoms with E-state index in [1.165, 1.54) is 12.1 Å². The molecule has 1 aliphatic rings. The number of benzene rings is 2. The number of phenolic OH excluding ortho intramolecular Hbond substituents is 1. The first-order valence-corrected chi connectivity index (χ1v) is 12.3. The van der Waals surface area contributed by atoms with E-state index in [0.29, 0.717) is 19.7 Å². The van der Waals surface area contributed by atoms with Gasteiger partial charge in [-0.05, 0) is 55.4 Å². The highest BCUT2D eigenvalue weighted by Crippen LogP contribution is 2.30. The van der Waals surface area contributed by atoms with Gasteiger partial charge in [0.25, 0.3) is 0 Å². The Morgan fingerprint density at radius 1 is 1.06 bits per heavy atom. The van der Waals surface area contributed by atoms with Gasteiger partial charge < -0.3 is 19.6 Å². The summed E-state index contributed by atoms with van der Waals surface area (Å²) in [5.41, 5.74) is 4.02. The SMILES string of the molecule is CCN1CCN(c2c(CN(CCOC)Cc3cccc(O)c3)c(C)nn2-c2ccc(F)cc2)CC1. The summed E-state index contributed by atoms with van der Waals surface area (Å²) in [5.74, 6) is 1.08. The predicted octanol–water partition coefficient (Wildman–Crippen LogP) is 3.82. The lowest BCUT2D eigenvalue weighted by Crippen LogP contribution is -2.47. The van der Waals surface area contributed by atoms with Crippen molar-refractivity contribution in [3.05, 3.63) is 71.2 Å². The average Bonchev–Trinajstić information content (AvgIpc) is 3.18.